The number of hydrogen-bond donors (Lipinski definition) is 3. The molecule has 1 aromatic heterocycles. The summed E-state index contributed by atoms with van der Waals surface area (Å²) in [5.74, 6) is 1.03. The zero-order chi connectivity index (χ0) is 17.8. The number of aromatic amines is 1. The Morgan fingerprint density at radius 2 is 1.88 bits per heavy atom. The molecule has 130 valence electrons. The highest BCUT2D eigenvalue weighted by atomic mass is 16.1. The quantitative estimate of drug-likeness (QED) is 0.601. The normalized spacial score (nSPS) is 12.4. The van der Waals surface area contributed by atoms with Gasteiger partial charge < -0.3 is 16.0 Å². The van der Waals surface area contributed by atoms with Crippen molar-refractivity contribution in [3.8, 4) is 0 Å². The van der Waals surface area contributed by atoms with Crippen molar-refractivity contribution in [2.24, 2.45) is 5.92 Å². The smallest absolute Gasteiger partial charge is 0.220 e. The first kappa shape index (κ1) is 17.0. The van der Waals surface area contributed by atoms with E-state index in [1.54, 1.807) is 0 Å². The van der Waals surface area contributed by atoms with Crippen molar-refractivity contribution in [1.82, 2.24) is 15.3 Å². The van der Waals surface area contributed by atoms with Gasteiger partial charge in [0.2, 0.25) is 5.91 Å². The van der Waals surface area contributed by atoms with Crippen molar-refractivity contribution < 1.29 is 4.79 Å². The summed E-state index contributed by atoms with van der Waals surface area (Å²) in [6.07, 6.45) is 1.03. The van der Waals surface area contributed by atoms with Gasteiger partial charge in [-0.25, -0.2) is 4.98 Å². The molecule has 0 spiro atoms. The Kier molecular flexibility index (Phi) is 5.03. The standard InChI is InChI=1S/C20H24N4O/c1-13(2)19(20-22-16-9-5-6-10-17(16)23-20)24-18(25)12-11-14-7-3-4-8-15(14)21/h3-10,13,19H,11-12,21H2,1-2H3,(H,22,23)(H,24,25). The van der Waals surface area contributed by atoms with E-state index >= 15 is 0 Å². The maximum atomic E-state index is 12.4. The Balaban J connectivity index is 1.69. The second-order valence-corrected chi connectivity index (χ2v) is 6.63. The number of nitrogens with zero attached hydrogens (tertiary/aromatic N) is 1. The number of fused-ring (bicyclic) bond motifs is 1. The molecule has 1 amide bonds. The number of rotatable bonds is 6. The SMILES string of the molecule is CC(C)C(NC(=O)CCc1ccccc1N)c1nc2ccccc2[nH]1. The summed E-state index contributed by atoms with van der Waals surface area (Å²) in [5.41, 5.74) is 9.57. The molecule has 0 aliphatic heterocycles. The number of imidazole rings is 1. The predicted octanol–water partition coefficient (Wildman–Crippen LogP) is 3.59. The van der Waals surface area contributed by atoms with Gasteiger partial charge in [-0.2, -0.15) is 0 Å². The van der Waals surface area contributed by atoms with Crippen molar-refractivity contribution in [3.63, 3.8) is 0 Å². The Morgan fingerprint density at radius 1 is 1.16 bits per heavy atom. The van der Waals surface area contributed by atoms with E-state index in [0.717, 1.165) is 28.1 Å². The van der Waals surface area contributed by atoms with Crippen molar-refractivity contribution in [2.45, 2.75) is 32.7 Å². The van der Waals surface area contributed by atoms with Gasteiger partial charge in [0, 0.05) is 12.1 Å². The van der Waals surface area contributed by atoms with Crippen LogP contribution in [0.5, 0.6) is 0 Å². The molecule has 5 heteroatoms. The molecule has 0 fully saturated rings. The molecule has 0 aliphatic rings. The lowest BCUT2D eigenvalue weighted by Crippen LogP contribution is -2.32. The summed E-state index contributed by atoms with van der Waals surface area (Å²) >= 11 is 0. The van der Waals surface area contributed by atoms with E-state index in [1.807, 2.05) is 48.5 Å². The topological polar surface area (TPSA) is 83.8 Å². The number of carbonyl (C=O) groups is 1. The van der Waals surface area contributed by atoms with E-state index in [2.05, 4.69) is 29.1 Å². The highest BCUT2D eigenvalue weighted by Crippen LogP contribution is 2.22. The van der Waals surface area contributed by atoms with Crippen LogP contribution in [-0.4, -0.2) is 15.9 Å². The first-order valence-electron chi connectivity index (χ1n) is 8.62. The maximum Gasteiger partial charge on any atom is 0.220 e. The lowest BCUT2D eigenvalue weighted by Gasteiger charge is -2.20. The van der Waals surface area contributed by atoms with E-state index in [4.69, 9.17) is 5.73 Å². The number of amides is 1. The molecule has 0 saturated heterocycles. The van der Waals surface area contributed by atoms with Gasteiger partial charge >= 0.3 is 0 Å². The first-order valence-corrected chi connectivity index (χ1v) is 8.62. The molecule has 3 rings (SSSR count). The average molecular weight is 336 g/mol. The molecule has 25 heavy (non-hydrogen) atoms. The van der Waals surface area contributed by atoms with Crippen LogP contribution in [0.1, 0.15) is 37.7 Å². The van der Waals surface area contributed by atoms with Crippen molar-refractivity contribution in [2.75, 3.05) is 5.73 Å². The van der Waals surface area contributed by atoms with E-state index < -0.39 is 0 Å². The second-order valence-electron chi connectivity index (χ2n) is 6.63. The third kappa shape index (κ3) is 3.99. The molecule has 1 unspecified atom stereocenters. The van der Waals surface area contributed by atoms with Gasteiger partial charge in [0.1, 0.15) is 5.82 Å². The lowest BCUT2D eigenvalue weighted by molar-refractivity contribution is -0.122. The van der Waals surface area contributed by atoms with Gasteiger partial charge in [0.25, 0.3) is 0 Å². The van der Waals surface area contributed by atoms with Gasteiger partial charge in [-0.3, -0.25) is 4.79 Å². The second kappa shape index (κ2) is 7.38. The summed E-state index contributed by atoms with van der Waals surface area (Å²) in [6, 6.07) is 15.4. The number of anilines is 1. The number of carbonyl (C=O) groups excluding carboxylic acids is 1. The van der Waals surface area contributed by atoms with Crippen LogP contribution in [0.15, 0.2) is 48.5 Å². The molecule has 0 aliphatic carbocycles. The number of aryl methyl sites for hydroxylation is 1. The van der Waals surface area contributed by atoms with E-state index in [-0.39, 0.29) is 17.9 Å². The minimum atomic E-state index is -0.145. The summed E-state index contributed by atoms with van der Waals surface area (Å²) in [7, 11) is 0. The molecule has 2 aromatic carbocycles. The lowest BCUT2D eigenvalue weighted by atomic mass is 10.0. The van der Waals surface area contributed by atoms with Crippen LogP contribution in [0.3, 0.4) is 0 Å². The largest absolute Gasteiger partial charge is 0.399 e. The Morgan fingerprint density at radius 3 is 2.60 bits per heavy atom. The number of H-pyrrole nitrogens is 1. The van der Waals surface area contributed by atoms with Crippen molar-refractivity contribution in [1.29, 1.82) is 0 Å². The molecule has 5 nitrogen and oxygen atoms in total. The molecular formula is C20H24N4O. The maximum absolute atomic E-state index is 12.4. The number of nitrogens with two attached hydrogens (primary N) is 1. The average Bonchev–Trinajstić information content (AvgIpc) is 3.02. The van der Waals surface area contributed by atoms with Crippen molar-refractivity contribution in [3.05, 3.63) is 59.9 Å². The molecule has 0 saturated carbocycles. The van der Waals surface area contributed by atoms with Gasteiger partial charge in [-0.05, 0) is 36.1 Å². The van der Waals surface area contributed by atoms with Crippen LogP contribution in [0.2, 0.25) is 0 Å². The molecule has 0 bridgehead atoms. The van der Waals surface area contributed by atoms with Crippen molar-refractivity contribution >= 4 is 22.6 Å². The van der Waals surface area contributed by atoms with Crippen LogP contribution in [0.4, 0.5) is 5.69 Å². The number of nitrogens with one attached hydrogen (secondary N) is 2. The molecular weight excluding hydrogens is 312 g/mol. The molecule has 1 heterocycles. The van der Waals surface area contributed by atoms with Crippen LogP contribution in [0.25, 0.3) is 11.0 Å². The first-order chi connectivity index (χ1) is 12.0. The Labute approximate surface area is 147 Å². The van der Waals surface area contributed by atoms with E-state index in [1.165, 1.54) is 0 Å². The summed E-state index contributed by atoms with van der Waals surface area (Å²) in [6.45, 7) is 4.15. The minimum Gasteiger partial charge on any atom is -0.399 e. The number of hydrogen-bond acceptors (Lipinski definition) is 3. The highest BCUT2D eigenvalue weighted by molar-refractivity contribution is 5.78. The fourth-order valence-corrected chi connectivity index (χ4v) is 2.93. The molecule has 1 atom stereocenters. The molecule has 0 radical (unpaired) electrons. The third-order valence-corrected chi connectivity index (χ3v) is 4.36. The Bertz CT molecular complexity index is 836. The monoisotopic (exact) mass is 336 g/mol. The number of para-hydroxylation sites is 3. The zero-order valence-electron chi connectivity index (χ0n) is 14.6. The van der Waals surface area contributed by atoms with E-state index in [0.29, 0.717) is 12.8 Å². The number of nitrogen functional groups attached to an aromatic ring is 1. The number of aromatic nitrogens is 2. The summed E-state index contributed by atoms with van der Waals surface area (Å²) in [4.78, 5) is 20.4. The van der Waals surface area contributed by atoms with Gasteiger partial charge in [-0.1, -0.05) is 44.2 Å². The fraction of sp³-hybridized carbons (Fsp3) is 0.300. The summed E-state index contributed by atoms with van der Waals surface area (Å²) in [5, 5.41) is 3.11. The molecule has 4 N–H and O–H groups in total. The van der Waals surface area contributed by atoms with Gasteiger partial charge in [0.15, 0.2) is 0 Å². The van der Waals surface area contributed by atoms with Crippen LogP contribution in [0, 0.1) is 5.92 Å². The zero-order valence-corrected chi connectivity index (χ0v) is 14.6. The van der Waals surface area contributed by atoms with Crippen LogP contribution in [-0.2, 0) is 11.2 Å². The van der Waals surface area contributed by atoms with Crippen LogP contribution >= 0.6 is 0 Å². The minimum absolute atomic E-state index is 0.00223. The van der Waals surface area contributed by atoms with Gasteiger partial charge in [0.05, 0.1) is 17.1 Å². The third-order valence-electron chi connectivity index (χ3n) is 4.36. The number of benzene rings is 2. The fourth-order valence-electron chi connectivity index (χ4n) is 2.93. The summed E-state index contributed by atoms with van der Waals surface area (Å²) < 4.78 is 0. The van der Waals surface area contributed by atoms with Crippen LogP contribution < -0.4 is 11.1 Å². The highest BCUT2D eigenvalue weighted by Gasteiger charge is 2.21. The predicted molar refractivity (Wildman–Crippen MR) is 101 cm³/mol. The van der Waals surface area contributed by atoms with E-state index in [9.17, 15) is 4.79 Å². The Hall–Kier alpha value is -2.82. The van der Waals surface area contributed by atoms with Gasteiger partial charge in [-0.15, -0.1) is 0 Å². The molecule has 3 aromatic rings.